The Labute approximate surface area is 192 Å². The molecule has 1 aliphatic carbocycles. The molecule has 34 heavy (non-hydrogen) atoms. The van der Waals surface area contributed by atoms with Crippen LogP contribution >= 0.6 is 0 Å². The lowest BCUT2D eigenvalue weighted by atomic mass is 9.77. The summed E-state index contributed by atoms with van der Waals surface area (Å²) in [6, 6.07) is 1.28. The first-order chi connectivity index (χ1) is 15.9. The zero-order chi connectivity index (χ0) is 25.4. The van der Waals surface area contributed by atoms with Gasteiger partial charge in [-0.1, -0.05) is 0 Å². The molecule has 0 saturated heterocycles. The van der Waals surface area contributed by atoms with Crippen LogP contribution in [0.25, 0.3) is 0 Å². The second kappa shape index (κ2) is 9.47. The molecule has 1 aromatic carbocycles. The highest BCUT2D eigenvalue weighted by Crippen LogP contribution is 2.58. The second-order valence-electron chi connectivity index (χ2n) is 7.89. The molecule has 0 amide bonds. The molecule has 1 heterocycles. The summed E-state index contributed by atoms with van der Waals surface area (Å²) in [5.41, 5.74) is -1.31. The molecule has 1 aliphatic heterocycles. The summed E-state index contributed by atoms with van der Waals surface area (Å²) in [5, 5.41) is 2.78. The van der Waals surface area contributed by atoms with Gasteiger partial charge in [0, 0.05) is 30.7 Å². The van der Waals surface area contributed by atoms with Crippen molar-refractivity contribution in [1.82, 2.24) is 5.32 Å². The summed E-state index contributed by atoms with van der Waals surface area (Å²) < 4.78 is 72.3. The molecule has 0 spiro atoms. The Hall–Kier alpha value is -3.37. The molecule has 0 bridgehead atoms. The fourth-order valence-corrected chi connectivity index (χ4v) is 4.06. The third-order valence-electron chi connectivity index (χ3n) is 5.58. The standard InChI is InChI=1S/C23H23F4NO6/c1-5-33-22(31)20-16(9-34-11(3)29)28-10(2)17(21(30)32-4)19(20)13-6-12(24)7-15(25)18(13)14-8-23(14,26)27/h6-7,14,19,28H,5,8-9H2,1-4H3. The number of ether oxygens (including phenoxy) is 3. The third-order valence-corrected chi connectivity index (χ3v) is 5.58. The SMILES string of the molecule is CCOC(=O)C1=C(COC(C)=O)NC(C)=C(C(=O)OC)C1c1cc(F)cc(F)c1C1CC1(F)F. The maximum Gasteiger partial charge on any atom is 0.336 e. The van der Waals surface area contributed by atoms with E-state index in [-0.39, 0.29) is 34.7 Å². The van der Waals surface area contributed by atoms with E-state index in [4.69, 9.17) is 14.2 Å². The van der Waals surface area contributed by atoms with Gasteiger partial charge in [-0.05, 0) is 25.5 Å². The molecule has 2 atom stereocenters. The quantitative estimate of drug-likeness (QED) is 0.359. The van der Waals surface area contributed by atoms with E-state index in [0.29, 0.717) is 6.07 Å². The van der Waals surface area contributed by atoms with E-state index in [0.717, 1.165) is 20.1 Å². The molecule has 1 N–H and O–H groups in total. The number of halogens is 4. The first kappa shape index (κ1) is 25.3. The molecular formula is C23H23F4NO6. The van der Waals surface area contributed by atoms with E-state index in [1.54, 1.807) is 0 Å². The van der Waals surface area contributed by atoms with Gasteiger partial charge in [0.1, 0.15) is 18.2 Å². The highest BCUT2D eigenvalue weighted by molar-refractivity contribution is 6.00. The van der Waals surface area contributed by atoms with Gasteiger partial charge in [0.25, 0.3) is 5.92 Å². The number of rotatable bonds is 7. The number of methoxy groups -OCH3 is 1. The first-order valence-electron chi connectivity index (χ1n) is 10.4. The van der Waals surface area contributed by atoms with Crippen LogP contribution in [0.3, 0.4) is 0 Å². The van der Waals surface area contributed by atoms with Crippen molar-refractivity contribution >= 4 is 17.9 Å². The summed E-state index contributed by atoms with van der Waals surface area (Å²) in [6.07, 6.45) is -0.678. The predicted octanol–water partition coefficient (Wildman–Crippen LogP) is 3.60. The zero-order valence-corrected chi connectivity index (χ0v) is 18.9. The number of esters is 3. The van der Waals surface area contributed by atoms with Gasteiger partial charge >= 0.3 is 17.9 Å². The van der Waals surface area contributed by atoms with Crippen molar-refractivity contribution in [3.63, 3.8) is 0 Å². The van der Waals surface area contributed by atoms with Crippen molar-refractivity contribution < 1.29 is 46.2 Å². The van der Waals surface area contributed by atoms with Crippen molar-refractivity contribution in [1.29, 1.82) is 0 Å². The van der Waals surface area contributed by atoms with E-state index in [1.807, 2.05) is 0 Å². The number of nitrogens with one attached hydrogen (secondary N) is 1. The average Bonchev–Trinajstić information content (AvgIpc) is 3.37. The maximum absolute atomic E-state index is 14.9. The summed E-state index contributed by atoms with van der Waals surface area (Å²) in [7, 11) is 1.06. The average molecular weight is 485 g/mol. The minimum Gasteiger partial charge on any atom is -0.466 e. The number of carbonyl (C=O) groups excluding carboxylic acids is 3. The molecule has 1 aromatic rings. The Bertz CT molecular complexity index is 1110. The van der Waals surface area contributed by atoms with Gasteiger partial charge in [0.05, 0.1) is 42.4 Å². The van der Waals surface area contributed by atoms with Crippen molar-refractivity contribution in [3.8, 4) is 0 Å². The highest BCUT2D eigenvalue weighted by atomic mass is 19.3. The molecular weight excluding hydrogens is 462 g/mol. The molecule has 11 heteroatoms. The van der Waals surface area contributed by atoms with E-state index in [2.05, 4.69) is 5.32 Å². The minimum absolute atomic E-state index is 0.0259. The van der Waals surface area contributed by atoms with E-state index < -0.39 is 65.9 Å². The van der Waals surface area contributed by atoms with Crippen molar-refractivity contribution in [2.75, 3.05) is 20.3 Å². The number of dihydropyridines is 1. The molecule has 1 saturated carbocycles. The summed E-state index contributed by atoms with van der Waals surface area (Å²) >= 11 is 0. The minimum atomic E-state index is -3.24. The van der Waals surface area contributed by atoms with Crippen LogP contribution in [0.5, 0.6) is 0 Å². The second-order valence-corrected chi connectivity index (χ2v) is 7.89. The van der Waals surface area contributed by atoms with Crippen LogP contribution in [0.15, 0.2) is 34.7 Å². The smallest absolute Gasteiger partial charge is 0.336 e. The zero-order valence-electron chi connectivity index (χ0n) is 18.9. The van der Waals surface area contributed by atoms with Crippen LogP contribution in [0, 0.1) is 11.6 Å². The lowest BCUT2D eigenvalue weighted by molar-refractivity contribution is -0.142. The summed E-state index contributed by atoms with van der Waals surface area (Å²) in [5.74, 6) is -11.3. The number of benzene rings is 1. The van der Waals surface area contributed by atoms with Crippen LogP contribution in [0.4, 0.5) is 17.6 Å². The van der Waals surface area contributed by atoms with E-state index in [9.17, 15) is 31.9 Å². The maximum atomic E-state index is 14.9. The number of hydrogen-bond acceptors (Lipinski definition) is 7. The fourth-order valence-electron chi connectivity index (χ4n) is 4.06. The monoisotopic (exact) mass is 485 g/mol. The number of hydrogen-bond donors (Lipinski definition) is 1. The van der Waals surface area contributed by atoms with Gasteiger partial charge in [0.2, 0.25) is 0 Å². The third kappa shape index (κ3) is 4.78. The van der Waals surface area contributed by atoms with Gasteiger partial charge in [-0.15, -0.1) is 0 Å². The molecule has 2 unspecified atom stereocenters. The van der Waals surface area contributed by atoms with Gasteiger partial charge in [-0.3, -0.25) is 4.79 Å². The molecule has 7 nitrogen and oxygen atoms in total. The Kier molecular flexibility index (Phi) is 7.04. The van der Waals surface area contributed by atoms with E-state index in [1.165, 1.54) is 13.8 Å². The normalized spacial score (nSPS) is 21.1. The molecule has 3 rings (SSSR count). The van der Waals surface area contributed by atoms with Crippen molar-refractivity contribution in [2.45, 2.75) is 45.0 Å². The van der Waals surface area contributed by atoms with Gasteiger partial charge in [-0.2, -0.15) is 0 Å². The Morgan fingerprint density at radius 3 is 2.29 bits per heavy atom. The van der Waals surface area contributed by atoms with Gasteiger partial charge in [0.15, 0.2) is 0 Å². The molecule has 184 valence electrons. The molecule has 0 radical (unpaired) electrons. The first-order valence-corrected chi connectivity index (χ1v) is 10.4. The molecule has 0 aromatic heterocycles. The van der Waals surface area contributed by atoms with Crippen LogP contribution in [0.1, 0.15) is 50.2 Å². The lowest BCUT2D eigenvalue weighted by Crippen LogP contribution is -2.35. The number of alkyl halides is 2. The van der Waals surface area contributed by atoms with Crippen molar-refractivity contribution in [2.24, 2.45) is 0 Å². The Balaban J connectivity index is 2.34. The van der Waals surface area contributed by atoms with Gasteiger partial charge in [-0.25, -0.2) is 27.2 Å². The van der Waals surface area contributed by atoms with Crippen LogP contribution in [-0.2, 0) is 28.6 Å². The van der Waals surface area contributed by atoms with Gasteiger partial charge < -0.3 is 19.5 Å². The predicted molar refractivity (Wildman–Crippen MR) is 110 cm³/mol. The number of carbonyl (C=O) groups is 3. The summed E-state index contributed by atoms with van der Waals surface area (Å²) in [4.78, 5) is 37.2. The van der Waals surface area contributed by atoms with Crippen LogP contribution in [0.2, 0.25) is 0 Å². The molecule has 1 fully saturated rings. The Morgan fingerprint density at radius 1 is 1.12 bits per heavy atom. The highest BCUT2D eigenvalue weighted by Gasteiger charge is 2.60. The number of allylic oxidation sites excluding steroid dienone is 1. The molecule has 2 aliphatic rings. The van der Waals surface area contributed by atoms with Crippen LogP contribution in [-0.4, -0.2) is 44.2 Å². The Morgan fingerprint density at radius 2 is 1.76 bits per heavy atom. The fraction of sp³-hybridized carbons (Fsp3) is 0.435. The summed E-state index contributed by atoms with van der Waals surface area (Å²) in [6.45, 7) is 3.49. The lowest BCUT2D eigenvalue weighted by Gasteiger charge is -2.32. The topological polar surface area (TPSA) is 90.9 Å². The van der Waals surface area contributed by atoms with Crippen LogP contribution < -0.4 is 5.32 Å². The van der Waals surface area contributed by atoms with E-state index >= 15 is 0 Å². The van der Waals surface area contributed by atoms with Crippen molar-refractivity contribution in [3.05, 3.63) is 57.4 Å². The largest absolute Gasteiger partial charge is 0.466 e.